The summed E-state index contributed by atoms with van der Waals surface area (Å²) in [5.74, 6) is 0.722. The Bertz CT molecular complexity index is 369. The van der Waals surface area contributed by atoms with Gasteiger partial charge in [-0.2, -0.15) is 0 Å². The van der Waals surface area contributed by atoms with E-state index >= 15 is 0 Å². The fraction of sp³-hybridized carbons (Fsp3) is 0.500. The van der Waals surface area contributed by atoms with Crippen LogP contribution in [0.4, 0.5) is 5.69 Å². The molecule has 0 spiro atoms. The van der Waals surface area contributed by atoms with Gasteiger partial charge in [-0.05, 0) is 53.8 Å². The minimum absolute atomic E-state index is 0.722. The standard InChI is InChI=1S/C14H21NS/c1-10(2)4-7-14(16)9-12-8-13(15)6-5-11(12)3/h5-6,8,10H,4,7,9,15H2,1-3H3. The smallest absolute Gasteiger partial charge is 0.0317 e. The molecule has 0 aliphatic rings. The van der Waals surface area contributed by atoms with Gasteiger partial charge in [0, 0.05) is 12.1 Å². The van der Waals surface area contributed by atoms with E-state index in [1.54, 1.807) is 0 Å². The Kier molecular flexibility index (Phi) is 4.94. The molecule has 1 rings (SSSR count). The Morgan fingerprint density at radius 1 is 1.38 bits per heavy atom. The molecule has 1 aromatic carbocycles. The highest BCUT2D eigenvalue weighted by atomic mass is 32.1. The molecule has 0 aromatic heterocycles. The number of nitrogens with two attached hydrogens (primary N) is 1. The summed E-state index contributed by atoms with van der Waals surface area (Å²) >= 11 is 5.42. The quantitative estimate of drug-likeness (QED) is 0.618. The van der Waals surface area contributed by atoms with E-state index in [0.29, 0.717) is 0 Å². The first-order chi connectivity index (χ1) is 7.49. The van der Waals surface area contributed by atoms with Crippen molar-refractivity contribution in [1.82, 2.24) is 0 Å². The maximum atomic E-state index is 5.78. The van der Waals surface area contributed by atoms with Crippen molar-refractivity contribution >= 4 is 22.8 Å². The second-order valence-corrected chi connectivity index (χ2v) is 5.41. The van der Waals surface area contributed by atoms with Gasteiger partial charge in [-0.25, -0.2) is 0 Å². The number of aryl methyl sites for hydroxylation is 1. The summed E-state index contributed by atoms with van der Waals surface area (Å²) in [6, 6.07) is 6.04. The van der Waals surface area contributed by atoms with E-state index in [4.69, 9.17) is 18.0 Å². The van der Waals surface area contributed by atoms with Crippen molar-refractivity contribution in [2.24, 2.45) is 5.92 Å². The monoisotopic (exact) mass is 235 g/mol. The van der Waals surface area contributed by atoms with E-state index in [2.05, 4.69) is 26.8 Å². The Morgan fingerprint density at radius 3 is 2.69 bits per heavy atom. The molecule has 0 radical (unpaired) electrons. The van der Waals surface area contributed by atoms with Crippen LogP contribution >= 0.6 is 12.2 Å². The van der Waals surface area contributed by atoms with Gasteiger partial charge in [0.25, 0.3) is 0 Å². The van der Waals surface area contributed by atoms with Gasteiger partial charge in [0.15, 0.2) is 0 Å². The summed E-state index contributed by atoms with van der Waals surface area (Å²) in [5.41, 5.74) is 9.16. The van der Waals surface area contributed by atoms with Crippen molar-refractivity contribution in [3.8, 4) is 0 Å². The summed E-state index contributed by atoms with van der Waals surface area (Å²) in [6.07, 6.45) is 3.11. The first kappa shape index (κ1) is 13.2. The molecule has 0 saturated heterocycles. The van der Waals surface area contributed by atoms with E-state index in [-0.39, 0.29) is 0 Å². The number of anilines is 1. The molecule has 0 heterocycles. The van der Waals surface area contributed by atoms with Crippen molar-refractivity contribution in [1.29, 1.82) is 0 Å². The molecule has 0 fully saturated rings. The van der Waals surface area contributed by atoms with Crippen LogP contribution in [-0.4, -0.2) is 4.86 Å². The number of hydrogen-bond donors (Lipinski definition) is 1. The highest BCUT2D eigenvalue weighted by Gasteiger charge is 2.04. The van der Waals surface area contributed by atoms with Crippen LogP contribution in [0.15, 0.2) is 18.2 Å². The number of thiocarbonyl (C=S) groups is 1. The molecule has 0 aliphatic heterocycles. The first-order valence-electron chi connectivity index (χ1n) is 5.85. The zero-order chi connectivity index (χ0) is 12.1. The molecule has 16 heavy (non-hydrogen) atoms. The number of nitrogen functional groups attached to an aromatic ring is 1. The van der Waals surface area contributed by atoms with E-state index < -0.39 is 0 Å². The first-order valence-corrected chi connectivity index (χ1v) is 6.26. The van der Waals surface area contributed by atoms with Gasteiger partial charge < -0.3 is 5.73 Å². The SMILES string of the molecule is Cc1ccc(N)cc1CC(=S)CCC(C)C. The van der Waals surface area contributed by atoms with Gasteiger partial charge in [0.05, 0.1) is 0 Å². The predicted molar refractivity (Wildman–Crippen MR) is 76.0 cm³/mol. The highest BCUT2D eigenvalue weighted by molar-refractivity contribution is 7.80. The Balaban J connectivity index is 2.59. The van der Waals surface area contributed by atoms with Crippen LogP contribution in [0.5, 0.6) is 0 Å². The molecule has 0 bridgehead atoms. The van der Waals surface area contributed by atoms with E-state index in [0.717, 1.165) is 29.3 Å². The topological polar surface area (TPSA) is 26.0 Å². The molecule has 0 unspecified atom stereocenters. The van der Waals surface area contributed by atoms with Gasteiger partial charge in [-0.3, -0.25) is 0 Å². The summed E-state index contributed by atoms with van der Waals surface area (Å²) in [5, 5.41) is 0. The molecule has 2 heteroatoms. The van der Waals surface area contributed by atoms with Gasteiger partial charge in [0.1, 0.15) is 0 Å². The third-order valence-corrected chi connectivity index (χ3v) is 3.11. The van der Waals surface area contributed by atoms with Crippen LogP contribution in [0.3, 0.4) is 0 Å². The van der Waals surface area contributed by atoms with Gasteiger partial charge >= 0.3 is 0 Å². The molecule has 0 saturated carbocycles. The number of hydrogen-bond acceptors (Lipinski definition) is 2. The van der Waals surface area contributed by atoms with Crippen LogP contribution < -0.4 is 5.73 Å². The maximum Gasteiger partial charge on any atom is 0.0317 e. The predicted octanol–water partition coefficient (Wildman–Crippen LogP) is 3.93. The molecular weight excluding hydrogens is 214 g/mol. The number of rotatable bonds is 5. The van der Waals surface area contributed by atoms with Crippen LogP contribution in [0.1, 0.15) is 37.8 Å². The van der Waals surface area contributed by atoms with Crippen LogP contribution in [-0.2, 0) is 6.42 Å². The minimum atomic E-state index is 0.722. The molecule has 0 atom stereocenters. The molecule has 0 aliphatic carbocycles. The van der Waals surface area contributed by atoms with Crippen molar-refractivity contribution in [3.63, 3.8) is 0 Å². The van der Waals surface area contributed by atoms with Gasteiger partial charge in [0.2, 0.25) is 0 Å². The van der Waals surface area contributed by atoms with Gasteiger partial charge in [-0.1, -0.05) is 32.1 Å². The van der Waals surface area contributed by atoms with Crippen molar-refractivity contribution in [3.05, 3.63) is 29.3 Å². The Labute approximate surface area is 104 Å². The van der Waals surface area contributed by atoms with Crippen molar-refractivity contribution in [2.45, 2.75) is 40.0 Å². The van der Waals surface area contributed by atoms with Gasteiger partial charge in [-0.15, -0.1) is 0 Å². The highest BCUT2D eigenvalue weighted by Crippen LogP contribution is 2.16. The van der Waals surface area contributed by atoms with E-state index in [1.165, 1.54) is 17.5 Å². The molecule has 1 nitrogen and oxygen atoms in total. The zero-order valence-electron chi connectivity index (χ0n) is 10.4. The minimum Gasteiger partial charge on any atom is -0.399 e. The zero-order valence-corrected chi connectivity index (χ0v) is 11.2. The third-order valence-electron chi connectivity index (χ3n) is 2.76. The normalized spacial score (nSPS) is 10.8. The molecule has 1 aromatic rings. The summed E-state index contributed by atoms with van der Waals surface area (Å²) in [4.78, 5) is 1.14. The third kappa shape index (κ3) is 4.31. The molecule has 88 valence electrons. The lowest BCUT2D eigenvalue weighted by molar-refractivity contribution is 0.604. The summed E-state index contributed by atoms with van der Waals surface area (Å²) in [7, 11) is 0. The van der Waals surface area contributed by atoms with E-state index in [9.17, 15) is 0 Å². The molecule has 0 amide bonds. The van der Waals surface area contributed by atoms with Crippen molar-refractivity contribution < 1.29 is 0 Å². The number of benzene rings is 1. The summed E-state index contributed by atoms with van der Waals surface area (Å²) in [6.45, 7) is 6.57. The fourth-order valence-corrected chi connectivity index (χ4v) is 1.91. The van der Waals surface area contributed by atoms with Crippen LogP contribution in [0, 0.1) is 12.8 Å². The Morgan fingerprint density at radius 2 is 2.06 bits per heavy atom. The lowest BCUT2D eigenvalue weighted by Crippen LogP contribution is -2.04. The average Bonchev–Trinajstić information content (AvgIpc) is 2.20. The second kappa shape index (κ2) is 6.00. The maximum absolute atomic E-state index is 5.78. The Hall–Kier alpha value is -0.890. The average molecular weight is 235 g/mol. The van der Waals surface area contributed by atoms with E-state index in [1.807, 2.05) is 12.1 Å². The van der Waals surface area contributed by atoms with Crippen molar-refractivity contribution in [2.75, 3.05) is 5.73 Å². The second-order valence-electron chi connectivity index (χ2n) is 4.83. The van der Waals surface area contributed by atoms with Crippen LogP contribution in [0.2, 0.25) is 0 Å². The molecule has 2 N–H and O–H groups in total. The fourth-order valence-electron chi connectivity index (χ4n) is 1.63. The largest absolute Gasteiger partial charge is 0.399 e. The summed E-state index contributed by atoms with van der Waals surface area (Å²) < 4.78 is 0. The molecular formula is C14H21NS. The lowest BCUT2D eigenvalue weighted by Gasteiger charge is -2.09. The lowest BCUT2D eigenvalue weighted by atomic mass is 9.99. The van der Waals surface area contributed by atoms with Crippen LogP contribution in [0.25, 0.3) is 0 Å².